The maximum Gasteiger partial charge on any atom is 0.317 e. The van der Waals surface area contributed by atoms with Crippen molar-refractivity contribution in [1.29, 1.82) is 0 Å². The van der Waals surface area contributed by atoms with Gasteiger partial charge in [0, 0.05) is 26.2 Å². The highest BCUT2D eigenvalue weighted by atomic mass is 19.1. The number of hydrogen-bond donors (Lipinski definition) is 1. The standard InChI is InChI=1S/C14H19FN2O2/c1-11-10-17(6-3-7-19-11)14(18)16-9-12-4-2-5-13(15)8-12/h2,4-5,8,11H,3,6-7,9-10H2,1H3,(H,16,18). The van der Waals surface area contributed by atoms with Crippen molar-refractivity contribution in [2.24, 2.45) is 0 Å². The molecular weight excluding hydrogens is 247 g/mol. The Hall–Kier alpha value is -1.62. The summed E-state index contributed by atoms with van der Waals surface area (Å²) < 4.78 is 18.5. The van der Waals surface area contributed by atoms with E-state index in [2.05, 4.69) is 5.32 Å². The molecular formula is C14H19FN2O2. The van der Waals surface area contributed by atoms with E-state index in [4.69, 9.17) is 4.74 Å². The van der Waals surface area contributed by atoms with Gasteiger partial charge in [0.1, 0.15) is 5.82 Å². The van der Waals surface area contributed by atoms with Crippen molar-refractivity contribution in [3.05, 3.63) is 35.6 Å². The van der Waals surface area contributed by atoms with Crippen LogP contribution in [0.1, 0.15) is 18.9 Å². The molecule has 0 spiro atoms. The number of hydrogen-bond acceptors (Lipinski definition) is 2. The second-order valence-corrected chi connectivity index (χ2v) is 4.77. The molecule has 0 aromatic heterocycles. The lowest BCUT2D eigenvalue weighted by Crippen LogP contribution is -2.42. The predicted octanol–water partition coefficient (Wildman–Crippen LogP) is 2.15. The minimum Gasteiger partial charge on any atom is -0.377 e. The maximum atomic E-state index is 13.0. The van der Waals surface area contributed by atoms with E-state index in [0.29, 0.717) is 26.2 Å². The Bertz CT molecular complexity index is 439. The molecule has 2 rings (SSSR count). The van der Waals surface area contributed by atoms with Gasteiger partial charge in [-0.15, -0.1) is 0 Å². The Labute approximate surface area is 112 Å². The molecule has 1 heterocycles. The highest BCUT2D eigenvalue weighted by Crippen LogP contribution is 2.07. The van der Waals surface area contributed by atoms with Gasteiger partial charge in [-0.05, 0) is 31.0 Å². The van der Waals surface area contributed by atoms with Gasteiger partial charge in [0.2, 0.25) is 0 Å². The number of halogens is 1. The van der Waals surface area contributed by atoms with Gasteiger partial charge in [0.25, 0.3) is 0 Å². The first-order valence-electron chi connectivity index (χ1n) is 6.54. The summed E-state index contributed by atoms with van der Waals surface area (Å²) in [6.07, 6.45) is 0.903. The van der Waals surface area contributed by atoms with Crippen LogP contribution in [0.3, 0.4) is 0 Å². The van der Waals surface area contributed by atoms with Crippen LogP contribution in [0.5, 0.6) is 0 Å². The zero-order valence-electron chi connectivity index (χ0n) is 11.1. The highest BCUT2D eigenvalue weighted by Gasteiger charge is 2.19. The number of amides is 2. The minimum atomic E-state index is -0.288. The van der Waals surface area contributed by atoms with Crippen LogP contribution in [0.4, 0.5) is 9.18 Å². The van der Waals surface area contributed by atoms with E-state index >= 15 is 0 Å². The summed E-state index contributed by atoms with van der Waals surface area (Å²) in [5, 5.41) is 2.81. The summed E-state index contributed by atoms with van der Waals surface area (Å²) >= 11 is 0. The van der Waals surface area contributed by atoms with Crippen LogP contribution >= 0.6 is 0 Å². The summed E-state index contributed by atoms with van der Waals surface area (Å²) in [5.74, 6) is -0.288. The van der Waals surface area contributed by atoms with E-state index in [1.165, 1.54) is 12.1 Å². The number of ether oxygens (including phenoxy) is 1. The molecule has 5 heteroatoms. The molecule has 1 fully saturated rings. The first-order chi connectivity index (χ1) is 9.15. The van der Waals surface area contributed by atoms with Crippen molar-refractivity contribution in [2.45, 2.75) is 26.0 Å². The third-order valence-electron chi connectivity index (χ3n) is 3.07. The summed E-state index contributed by atoms with van der Waals surface area (Å²) in [6.45, 7) is 4.27. The van der Waals surface area contributed by atoms with E-state index in [-0.39, 0.29) is 18.0 Å². The van der Waals surface area contributed by atoms with E-state index < -0.39 is 0 Å². The van der Waals surface area contributed by atoms with Gasteiger partial charge in [0.15, 0.2) is 0 Å². The van der Waals surface area contributed by atoms with E-state index in [9.17, 15) is 9.18 Å². The van der Waals surface area contributed by atoms with Crippen LogP contribution in [0.2, 0.25) is 0 Å². The number of urea groups is 1. The summed E-state index contributed by atoms with van der Waals surface area (Å²) in [4.78, 5) is 13.8. The van der Waals surface area contributed by atoms with Crippen LogP contribution in [0.25, 0.3) is 0 Å². The minimum absolute atomic E-state index is 0.0578. The number of nitrogens with one attached hydrogen (secondary N) is 1. The first kappa shape index (κ1) is 13.8. The van der Waals surface area contributed by atoms with Crippen molar-refractivity contribution >= 4 is 6.03 Å². The molecule has 1 aliphatic rings. The van der Waals surface area contributed by atoms with Crippen molar-refractivity contribution < 1.29 is 13.9 Å². The molecule has 1 N–H and O–H groups in total. The molecule has 0 saturated carbocycles. The molecule has 2 amide bonds. The summed E-state index contributed by atoms with van der Waals surface area (Å²) in [7, 11) is 0. The topological polar surface area (TPSA) is 41.6 Å². The lowest BCUT2D eigenvalue weighted by molar-refractivity contribution is 0.0710. The molecule has 1 aliphatic heterocycles. The average molecular weight is 266 g/mol. The number of rotatable bonds is 2. The van der Waals surface area contributed by atoms with Gasteiger partial charge in [-0.2, -0.15) is 0 Å². The molecule has 1 unspecified atom stereocenters. The Kier molecular flexibility index (Phi) is 4.74. The first-order valence-corrected chi connectivity index (χ1v) is 6.54. The van der Waals surface area contributed by atoms with Crippen molar-refractivity contribution in [1.82, 2.24) is 10.2 Å². The van der Waals surface area contributed by atoms with Gasteiger partial charge in [-0.25, -0.2) is 9.18 Å². The second-order valence-electron chi connectivity index (χ2n) is 4.77. The second kappa shape index (κ2) is 6.52. The fraction of sp³-hybridized carbons (Fsp3) is 0.500. The lowest BCUT2D eigenvalue weighted by atomic mass is 10.2. The normalized spacial score (nSPS) is 19.9. The fourth-order valence-electron chi connectivity index (χ4n) is 2.12. The predicted molar refractivity (Wildman–Crippen MR) is 70.2 cm³/mol. The van der Waals surface area contributed by atoms with E-state index in [1.807, 2.05) is 6.92 Å². The molecule has 0 radical (unpaired) electrons. The molecule has 1 atom stereocenters. The van der Waals surface area contributed by atoms with Crippen molar-refractivity contribution in [3.8, 4) is 0 Å². The van der Waals surface area contributed by atoms with Gasteiger partial charge in [0.05, 0.1) is 6.10 Å². The van der Waals surface area contributed by atoms with Gasteiger partial charge in [-0.1, -0.05) is 12.1 Å². The third kappa shape index (κ3) is 4.21. The van der Waals surface area contributed by atoms with Crippen LogP contribution in [-0.4, -0.2) is 36.7 Å². The molecule has 1 saturated heterocycles. The quantitative estimate of drug-likeness (QED) is 0.891. The monoisotopic (exact) mass is 266 g/mol. The zero-order valence-corrected chi connectivity index (χ0v) is 11.1. The van der Waals surface area contributed by atoms with Crippen LogP contribution < -0.4 is 5.32 Å². The number of carbonyl (C=O) groups excluding carboxylic acids is 1. The number of nitrogens with zero attached hydrogens (tertiary/aromatic N) is 1. The van der Waals surface area contributed by atoms with E-state index in [1.54, 1.807) is 17.0 Å². The molecule has 19 heavy (non-hydrogen) atoms. The molecule has 1 aromatic carbocycles. The molecule has 104 valence electrons. The van der Waals surface area contributed by atoms with Crippen LogP contribution in [-0.2, 0) is 11.3 Å². The Morgan fingerprint density at radius 3 is 3.21 bits per heavy atom. The number of carbonyl (C=O) groups is 1. The number of benzene rings is 1. The summed E-state index contributed by atoms with van der Waals surface area (Å²) in [5.41, 5.74) is 0.757. The van der Waals surface area contributed by atoms with Gasteiger partial charge in [-0.3, -0.25) is 0 Å². The van der Waals surface area contributed by atoms with Crippen molar-refractivity contribution in [2.75, 3.05) is 19.7 Å². The fourth-order valence-corrected chi connectivity index (χ4v) is 2.12. The van der Waals surface area contributed by atoms with Gasteiger partial charge >= 0.3 is 6.03 Å². The lowest BCUT2D eigenvalue weighted by Gasteiger charge is -2.22. The van der Waals surface area contributed by atoms with Crippen LogP contribution in [0, 0.1) is 5.82 Å². The molecule has 4 nitrogen and oxygen atoms in total. The smallest absolute Gasteiger partial charge is 0.317 e. The largest absolute Gasteiger partial charge is 0.377 e. The zero-order chi connectivity index (χ0) is 13.7. The SMILES string of the molecule is CC1CN(C(=O)NCc2cccc(F)c2)CCCO1. The van der Waals surface area contributed by atoms with Crippen LogP contribution in [0.15, 0.2) is 24.3 Å². The highest BCUT2D eigenvalue weighted by molar-refractivity contribution is 5.74. The Balaban J connectivity index is 1.86. The Morgan fingerprint density at radius 2 is 2.42 bits per heavy atom. The molecule has 0 aliphatic carbocycles. The summed E-state index contributed by atoms with van der Waals surface area (Å²) in [6, 6.07) is 6.12. The third-order valence-corrected chi connectivity index (χ3v) is 3.07. The Morgan fingerprint density at radius 1 is 1.58 bits per heavy atom. The van der Waals surface area contributed by atoms with Gasteiger partial charge < -0.3 is 15.0 Å². The van der Waals surface area contributed by atoms with E-state index in [0.717, 1.165) is 12.0 Å². The maximum absolute atomic E-state index is 13.0. The molecule has 1 aromatic rings. The average Bonchev–Trinajstić information content (AvgIpc) is 2.61. The molecule has 0 bridgehead atoms. The van der Waals surface area contributed by atoms with Crippen molar-refractivity contribution in [3.63, 3.8) is 0 Å².